The first-order chi connectivity index (χ1) is 9.28. The van der Waals surface area contributed by atoms with E-state index in [9.17, 15) is 4.79 Å². The molecule has 2 aromatic rings. The van der Waals surface area contributed by atoms with Crippen molar-refractivity contribution in [1.82, 2.24) is 9.97 Å². The fraction of sp³-hybridized carbons (Fsp3) is 0.357. The maximum atomic E-state index is 11.8. The molecule has 0 unspecified atom stereocenters. The summed E-state index contributed by atoms with van der Waals surface area (Å²) in [5.41, 5.74) is 0.753. The van der Waals surface area contributed by atoms with Crippen LogP contribution < -0.4 is 5.32 Å². The third-order valence-electron chi connectivity index (χ3n) is 2.98. The molecule has 1 heterocycles. The summed E-state index contributed by atoms with van der Waals surface area (Å²) in [5, 5.41) is 4.27. The van der Waals surface area contributed by atoms with Gasteiger partial charge in [0.15, 0.2) is 0 Å². The molecule has 0 saturated heterocycles. The van der Waals surface area contributed by atoms with Crippen molar-refractivity contribution in [3.8, 4) is 0 Å². The van der Waals surface area contributed by atoms with Gasteiger partial charge in [-0.2, -0.15) is 0 Å². The Hall–Kier alpha value is -2.17. The zero-order valence-electron chi connectivity index (χ0n) is 10.7. The molecule has 1 aromatic heterocycles. The van der Waals surface area contributed by atoms with Crippen LogP contribution in [0.5, 0.6) is 0 Å². The van der Waals surface area contributed by atoms with Gasteiger partial charge >= 0.3 is 5.97 Å². The number of nitrogens with zero attached hydrogens (tertiary/aromatic N) is 2. The van der Waals surface area contributed by atoms with Crippen molar-refractivity contribution in [2.75, 3.05) is 11.9 Å². The van der Waals surface area contributed by atoms with Gasteiger partial charge in [-0.05, 0) is 31.9 Å². The van der Waals surface area contributed by atoms with Crippen LogP contribution >= 0.6 is 0 Å². The van der Waals surface area contributed by atoms with E-state index in [0.29, 0.717) is 12.6 Å². The molecular formula is C14H15N3O2. The Balaban J connectivity index is 2.06. The average molecular weight is 257 g/mol. The molecule has 3 rings (SSSR count). The van der Waals surface area contributed by atoms with Crippen LogP contribution in [-0.4, -0.2) is 28.6 Å². The van der Waals surface area contributed by atoms with E-state index in [2.05, 4.69) is 15.3 Å². The second kappa shape index (κ2) is 4.84. The summed E-state index contributed by atoms with van der Waals surface area (Å²) >= 11 is 0. The van der Waals surface area contributed by atoms with Gasteiger partial charge in [-0.15, -0.1) is 0 Å². The highest BCUT2D eigenvalue weighted by Gasteiger charge is 2.23. The predicted molar refractivity (Wildman–Crippen MR) is 72.1 cm³/mol. The summed E-state index contributed by atoms with van der Waals surface area (Å²) in [4.78, 5) is 20.3. The molecule has 1 fully saturated rings. The van der Waals surface area contributed by atoms with Gasteiger partial charge in [0.1, 0.15) is 5.82 Å². The Morgan fingerprint density at radius 2 is 2.16 bits per heavy atom. The minimum absolute atomic E-state index is 0.115. The summed E-state index contributed by atoms with van der Waals surface area (Å²) in [6.07, 6.45) is 2.29. The largest absolute Gasteiger partial charge is 0.460 e. The fourth-order valence-electron chi connectivity index (χ4n) is 1.89. The first-order valence-electron chi connectivity index (χ1n) is 6.48. The highest BCUT2D eigenvalue weighted by molar-refractivity contribution is 5.94. The standard InChI is InChI=1S/C14H15N3O2/c1-2-19-14(18)13-16-11-6-4-3-5-10(11)12(17-13)15-9-7-8-9/h3-6,9H,2,7-8H2,1H3,(H,15,16,17). The van der Waals surface area contributed by atoms with E-state index in [1.165, 1.54) is 0 Å². The number of fused-ring (bicyclic) bond motifs is 1. The molecular weight excluding hydrogens is 242 g/mol. The Labute approximate surface area is 111 Å². The summed E-state index contributed by atoms with van der Waals surface area (Å²) in [7, 11) is 0. The fourth-order valence-corrected chi connectivity index (χ4v) is 1.89. The number of esters is 1. The number of aromatic nitrogens is 2. The summed E-state index contributed by atoms with van der Waals surface area (Å²) < 4.78 is 4.96. The van der Waals surface area contributed by atoms with Crippen LogP contribution in [0.25, 0.3) is 10.9 Å². The number of carbonyl (C=O) groups excluding carboxylic acids is 1. The minimum atomic E-state index is -0.480. The van der Waals surface area contributed by atoms with Crippen molar-refractivity contribution in [3.05, 3.63) is 30.1 Å². The lowest BCUT2D eigenvalue weighted by Gasteiger charge is -2.09. The normalized spacial score (nSPS) is 14.4. The summed E-state index contributed by atoms with van der Waals surface area (Å²) in [6.45, 7) is 2.09. The topological polar surface area (TPSA) is 64.1 Å². The van der Waals surface area contributed by atoms with Crippen LogP contribution in [0, 0.1) is 0 Å². The monoisotopic (exact) mass is 257 g/mol. The highest BCUT2D eigenvalue weighted by atomic mass is 16.5. The van der Waals surface area contributed by atoms with Gasteiger partial charge in [0.25, 0.3) is 0 Å². The lowest BCUT2D eigenvalue weighted by molar-refractivity contribution is 0.0512. The predicted octanol–water partition coefficient (Wildman–Crippen LogP) is 2.38. The third kappa shape index (κ3) is 2.50. The van der Waals surface area contributed by atoms with Gasteiger partial charge in [0.2, 0.25) is 5.82 Å². The Bertz CT molecular complexity index is 623. The second-order valence-corrected chi connectivity index (χ2v) is 4.55. The highest BCUT2D eigenvalue weighted by Crippen LogP contribution is 2.28. The van der Waals surface area contributed by atoms with E-state index < -0.39 is 5.97 Å². The van der Waals surface area contributed by atoms with E-state index in [1.54, 1.807) is 6.92 Å². The molecule has 0 spiro atoms. The number of nitrogens with one attached hydrogen (secondary N) is 1. The van der Waals surface area contributed by atoms with Crippen LogP contribution in [0.3, 0.4) is 0 Å². The first-order valence-corrected chi connectivity index (χ1v) is 6.48. The molecule has 1 N–H and O–H groups in total. The molecule has 1 aliphatic rings. The molecule has 1 aliphatic carbocycles. The number of anilines is 1. The molecule has 0 aliphatic heterocycles. The first kappa shape index (κ1) is 11.9. The van der Waals surface area contributed by atoms with Crippen LogP contribution in [-0.2, 0) is 4.74 Å². The number of para-hydroxylation sites is 1. The molecule has 5 heteroatoms. The number of hydrogen-bond acceptors (Lipinski definition) is 5. The zero-order chi connectivity index (χ0) is 13.2. The van der Waals surface area contributed by atoms with Crippen LogP contribution in [0.15, 0.2) is 24.3 Å². The SMILES string of the molecule is CCOC(=O)c1nc(NC2CC2)c2ccccc2n1. The van der Waals surface area contributed by atoms with E-state index in [1.807, 2.05) is 24.3 Å². The third-order valence-corrected chi connectivity index (χ3v) is 2.98. The average Bonchev–Trinajstić information content (AvgIpc) is 3.23. The van der Waals surface area contributed by atoms with Crippen molar-refractivity contribution < 1.29 is 9.53 Å². The molecule has 0 amide bonds. The van der Waals surface area contributed by atoms with E-state index >= 15 is 0 Å². The van der Waals surface area contributed by atoms with E-state index in [4.69, 9.17) is 4.74 Å². The Kier molecular flexibility index (Phi) is 3.03. The molecule has 0 bridgehead atoms. The quantitative estimate of drug-likeness (QED) is 0.852. The maximum absolute atomic E-state index is 11.8. The number of benzene rings is 1. The second-order valence-electron chi connectivity index (χ2n) is 4.55. The molecule has 1 saturated carbocycles. The Morgan fingerprint density at radius 1 is 1.37 bits per heavy atom. The van der Waals surface area contributed by atoms with Gasteiger partial charge in [0, 0.05) is 11.4 Å². The van der Waals surface area contributed by atoms with Gasteiger partial charge in [-0.25, -0.2) is 14.8 Å². The van der Waals surface area contributed by atoms with Crippen LogP contribution in [0.2, 0.25) is 0 Å². The van der Waals surface area contributed by atoms with Crippen LogP contribution in [0.4, 0.5) is 5.82 Å². The lowest BCUT2D eigenvalue weighted by Crippen LogP contribution is -2.13. The van der Waals surface area contributed by atoms with E-state index in [-0.39, 0.29) is 5.82 Å². The molecule has 5 nitrogen and oxygen atoms in total. The van der Waals surface area contributed by atoms with Gasteiger partial charge in [-0.1, -0.05) is 12.1 Å². The van der Waals surface area contributed by atoms with Crippen molar-refractivity contribution in [2.45, 2.75) is 25.8 Å². The molecule has 98 valence electrons. The number of carbonyl (C=O) groups is 1. The van der Waals surface area contributed by atoms with Gasteiger partial charge in [0.05, 0.1) is 12.1 Å². The molecule has 19 heavy (non-hydrogen) atoms. The summed E-state index contributed by atoms with van der Waals surface area (Å²) in [5.74, 6) is 0.354. The molecule has 0 atom stereocenters. The van der Waals surface area contributed by atoms with Crippen molar-refractivity contribution >= 4 is 22.7 Å². The number of rotatable bonds is 4. The smallest absolute Gasteiger partial charge is 0.376 e. The van der Waals surface area contributed by atoms with Crippen LogP contribution in [0.1, 0.15) is 30.4 Å². The van der Waals surface area contributed by atoms with Crippen molar-refractivity contribution in [2.24, 2.45) is 0 Å². The number of ether oxygens (including phenoxy) is 1. The zero-order valence-corrected chi connectivity index (χ0v) is 10.7. The Morgan fingerprint density at radius 3 is 2.89 bits per heavy atom. The van der Waals surface area contributed by atoms with Gasteiger partial charge < -0.3 is 10.1 Å². The summed E-state index contributed by atoms with van der Waals surface area (Å²) in [6, 6.07) is 8.12. The van der Waals surface area contributed by atoms with E-state index in [0.717, 1.165) is 29.6 Å². The minimum Gasteiger partial charge on any atom is -0.460 e. The van der Waals surface area contributed by atoms with Crippen molar-refractivity contribution in [3.63, 3.8) is 0 Å². The number of hydrogen-bond donors (Lipinski definition) is 1. The molecule has 1 aromatic carbocycles. The lowest BCUT2D eigenvalue weighted by atomic mass is 10.2. The van der Waals surface area contributed by atoms with Gasteiger partial charge in [-0.3, -0.25) is 0 Å². The van der Waals surface area contributed by atoms with Crippen molar-refractivity contribution in [1.29, 1.82) is 0 Å². The molecule has 0 radical (unpaired) electrons. The maximum Gasteiger partial charge on any atom is 0.376 e.